The van der Waals surface area contributed by atoms with Gasteiger partial charge in [0.25, 0.3) is 0 Å². The van der Waals surface area contributed by atoms with Crippen molar-refractivity contribution in [3.63, 3.8) is 0 Å². The summed E-state index contributed by atoms with van der Waals surface area (Å²) < 4.78 is 0. The van der Waals surface area contributed by atoms with Crippen LogP contribution >= 0.6 is 0 Å². The van der Waals surface area contributed by atoms with Crippen molar-refractivity contribution in [3.05, 3.63) is 17.1 Å². The molecule has 0 bridgehead atoms. The molecule has 0 saturated carbocycles. The van der Waals surface area contributed by atoms with E-state index in [0.717, 1.165) is 25.2 Å². The fraction of sp³-hybridized carbons (Fsp3) is 0.667. The molecule has 0 spiro atoms. The van der Waals surface area contributed by atoms with Gasteiger partial charge in [0.05, 0.1) is 17.1 Å². The Morgan fingerprint density at radius 1 is 1.13 bits per heavy atom. The predicted molar refractivity (Wildman–Crippen MR) is 60.2 cm³/mol. The van der Waals surface area contributed by atoms with Crippen molar-refractivity contribution in [2.45, 2.75) is 44.9 Å². The Morgan fingerprint density at radius 3 is 2.67 bits per heavy atom. The SMILES string of the molecule is CC1CCNc2nc3c(nc21)CCCC3. The summed E-state index contributed by atoms with van der Waals surface area (Å²) in [5.41, 5.74) is 3.69. The quantitative estimate of drug-likeness (QED) is 0.703. The van der Waals surface area contributed by atoms with E-state index < -0.39 is 0 Å². The van der Waals surface area contributed by atoms with Gasteiger partial charge in [-0.1, -0.05) is 6.92 Å². The zero-order valence-corrected chi connectivity index (χ0v) is 9.21. The number of nitrogens with one attached hydrogen (secondary N) is 1. The molecule has 2 heterocycles. The molecule has 3 nitrogen and oxygen atoms in total. The molecule has 0 saturated heterocycles. The van der Waals surface area contributed by atoms with Gasteiger partial charge in [0.1, 0.15) is 5.82 Å². The monoisotopic (exact) mass is 203 g/mol. The van der Waals surface area contributed by atoms with E-state index in [9.17, 15) is 0 Å². The highest BCUT2D eigenvalue weighted by Gasteiger charge is 2.22. The van der Waals surface area contributed by atoms with Crippen LogP contribution in [0.25, 0.3) is 0 Å². The van der Waals surface area contributed by atoms with Gasteiger partial charge in [-0.25, -0.2) is 4.98 Å². The van der Waals surface area contributed by atoms with Crippen LogP contribution < -0.4 is 5.32 Å². The summed E-state index contributed by atoms with van der Waals surface area (Å²) in [6, 6.07) is 0. The average Bonchev–Trinajstić information content (AvgIpc) is 2.27. The van der Waals surface area contributed by atoms with Crippen molar-refractivity contribution in [2.24, 2.45) is 0 Å². The molecule has 80 valence electrons. The molecule has 15 heavy (non-hydrogen) atoms. The summed E-state index contributed by atoms with van der Waals surface area (Å²) in [6.07, 6.45) is 5.98. The molecular weight excluding hydrogens is 186 g/mol. The molecule has 1 unspecified atom stereocenters. The number of aromatic nitrogens is 2. The molecule has 2 aliphatic rings. The van der Waals surface area contributed by atoms with Gasteiger partial charge in [-0.2, -0.15) is 0 Å². The summed E-state index contributed by atoms with van der Waals surface area (Å²) in [6.45, 7) is 3.30. The number of fused-ring (bicyclic) bond motifs is 2. The maximum Gasteiger partial charge on any atom is 0.148 e. The molecular formula is C12H17N3. The maximum atomic E-state index is 4.81. The number of hydrogen-bond acceptors (Lipinski definition) is 3. The summed E-state index contributed by atoms with van der Waals surface area (Å²) in [5.74, 6) is 1.62. The Kier molecular flexibility index (Phi) is 2.11. The molecule has 1 aliphatic heterocycles. The van der Waals surface area contributed by atoms with Crippen LogP contribution in [-0.2, 0) is 12.8 Å². The van der Waals surface area contributed by atoms with E-state index in [-0.39, 0.29) is 0 Å². The lowest BCUT2D eigenvalue weighted by Gasteiger charge is -2.25. The van der Waals surface area contributed by atoms with Crippen LogP contribution in [0, 0.1) is 0 Å². The zero-order chi connectivity index (χ0) is 10.3. The van der Waals surface area contributed by atoms with Gasteiger partial charge < -0.3 is 5.32 Å². The minimum absolute atomic E-state index is 0.570. The first-order valence-electron chi connectivity index (χ1n) is 5.98. The van der Waals surface area contributed by atoms with Gasteiger partial charge in [0.15, 0.2) is 0 Å². The number of rotatable bonds is 0. The minimum atomic E-state index is 0.570. The Balaban J connectivity index is 2.08. The third-order valence-electron chi connectivity index (χ3n) is 3.49. The summed E-state index contributed by atoms with van der Waals surface area (Å²) in [4.78, 5) is 9.54. The lowest BCUT2D eigenvalue weighted by atomic mass is 9.96. The van der Waals surface area contributed by atoms with Crippen molar-refractivity contribution in [1.82, 2.24) is 9.97 Å². The lowest BCUT2D eigenvalue weighted by molar-refractivity contribution is 0.607. The zero-order valence-electron chi connectivity index (χ0n) is 9.21. The second-order valence-corrected chi connectivity index (χ2v) is 4.67. The van der Waals surface area contributed by atoms with E-state index in [1.807, 2.05) is 0 Å². The Labute approximate surface area is 90.3 Å². The lowest BCUT2D eigenvalue weighted by Crippen LogP contribution is -2.21. The van der Waals surface area contributed by atoms with Crippen molar-refractivity contribution >= 4 is 5.82 Å². The summed E-state index contributed by atoms with van der Waals surface area (Å²) in [5, 5.41) is 3.37. The van der Waals surface area contributed by atoms with E-state index in [1.165, 1.54) is 36.3 Å². The van der Waals surface area contributed by atoms with Gasteiger partial charge in [0.2, 0.25) is 0 Å². The molecule has 0 radical (unpaired) electrons. The van der Waals surface area contributed by atoms with Crippen LogP contribution in [0.15, 0.2) is 0 Å². The van der Waals surface area contributed by atoms with Crippen LogP contribution in [0.2, 0.25) is 0 Å². The summed E-state index contributed by atoms with van der Waals surface area (Å²) >= 11 is 0. The number of aryl methyl sites for hydroxylation is 2. The van der Waals surface area contributed by atoms with Crippen molar-refractivity contribution in [1.29, 1.82) is 0 Å². The maximum absolute atomic E-state index is 4.81. The number of nitrogens with zero attached hydrogens (tertiary/aromatic N) is 2. The molecule has 3 rings (SSSR count). The van der Waals surface area contributed by atoms with E-state index in [2.05, 4.69) is 12.2 Å². The van der Waals surface area contributed by atoms with E-state index in [4.69, 9.17) is 9.97 Å². The first-order chi connectivity index (χ1) is 7.34. The molecule has 0 fully saturated rings. The van der Waals surface area contributed by atoms with Crippen molar-refractivity contribution < 1.29 is 0 Å². The van der Waals surface area contributed by atoms with Crippen LogP contribution in [0.1, 0.15) is 49.2 Å². The fourth-order valence-electron chi connectivity index (χ4n) is 2.52. The third kappa shape index (κ3) is 1.50. The Morgan fingerprint density at radius 2 is 1.87 bits per heavy atom. The van der Waals surface area contributed by atoms with E-state index in [0.29, 0.717) is 5.92 Å². The second kappa shape index (κ2) is 3.47. The van der Waals surface area contributed by atoms with Crippen molar-refractivity contribution in [3.8, 4) is 0 Å². The molecule has 3 heteroatoms. The average molecular weight is 203 g/mol. The first-order valence-corrected chi connectivity index (χ1v) is 5.98. The molecule has 1 aromatic heterocycles. The highest BCUT2D eigenvalue weighted by atomic mass is 15.0. The van der Waals surface area contributed by atoms with E-state index >= 15 is 0 Å². The fourth-order valence-corrected chi connectivity index (χ4v) is 2.52. The minimum Gasteiger partial charge on any atom is -0.369 e. The van der Waals surface area contributed by atoms with Gasteiger partial charge >= 0.3 is 0 Å². The van der Waals surface area contributed by atoms with Crippen LogP contribution in [-0.4, -0.2) is 16.5 Å². The van der Waals surface area contributed by atoms with Gasteiger partial charge in [-0.3, -0.25) is 4.98 Å². The second-order valence-electron chi connectivity index (χ2n) is 4.67. The van der Waals surface area contributed by atoms with Crippen LogP contribution in [0.4, 0.5) is 5.82 Å². The molecule has 0 amide bonds. The standard InChI is InChI=1S/C12H17N3/c1-8-6-7-13-12-11(8)14-9-4-2-3-5-10(9)15-12/h8H,2-7H2,1H3,(H,13,15). The number of hydrogen-bond donors (Lipinski definition) is 1. The molecule has 1 aromatic rings. The normalized spacial score (nSPS) is 23.9. The largest absolute Gasteiger partial charge is 0.369 e. The number of anilines is 1. The highest BCUT2D eigenvalue weighted by Crippen LogP contribution is 2.30. The third-order valence-corrected chi connectivity index (χ3v) is 3.49. The predicted octanol–water partition coefficient (Wildman–Crippen LogP) is 2.27. The first kappa shape index (κ1) is 9.13. The Bertz CT molecular complexity index is 387. The summed E-state index contributed by atoms with van der Waals surface area (Å²) in [7, 11) is 0. The van der Waals surface area contributed by atoms with Crippen molar-refractivity contribution in [2.75, 3.05) is 11.9 Å². The van der Waals surface area contributed by atoms with Crippen LogP contribution in [0.5, 0.6) is 0 Å². The molecule has 0 aromatic carbocycles. The van der Waals surface area contributed by atoms with Crippen LogP contribution in [0.3, 0.4) is 0 Å². The molecule has 1 aliphatic carbocycles. The van der Waals surface area contributed by atoms with E-state index in [1.54, 1.807) is 0 Å². The topological polar surface area (TPSA) is 37.8 Å². The van der Waals surface area contributed by atoms with Gasteiger partial charge in [0, 0.05) is 12.5 Å². The Hall–Kier alpha value is -1.12. The molecule has 1 N–H and O–H groups in total. The van der Waals surface area contributed by atoms with Gasteiger partial charge in [-0.05, 0) is 32.1 Å². The smallest absolute Gasteiger partial charge is 0.148 e. The van der Waals surface area contributed by atoms with Gasteiger partial charge in [-0.15, -0.1) is 0 Å². The molecule has 1 atom stereocenters. The highest BCUT2D eigenvalue weighted by molar-refractivity contribution is 5.46.